The van der Waals surface area contributed by atoms with E-state index in [9.17, 15) is 4.39 Å². The normalized spacial score (nSPS) is 18.1. The van der Waals surface area contributed by atoms with E-state index in [4.69, 9.17) is 21.1 Å². The Bertz CT molecular complexity index is 714. The summed E-state index contributed by atoms with van der Waals surface area (Å²) in [5.41, 5.74) is 1.54. The first-order valence-electron chi connectivity index (χ1n) is 7.27. The van der Waals surface area contributed by atoms with Gasteiger partial charge >= 0.3 is 0 Å². The van der Waals surface area contributed by atoms with E-state index < -0.39 is 0 Å². The molecule has 3 rings (SSSR count). The SMILES string of the molecule is COc1c(C)ncnc1N1CCOC(c2ccc(F)cc2Cl)C1. The second kappa shape index (κ2) is 6.68. The van der Waals surface area contributed by atoms with Gasteiger partial charge in [-0.3, -0.25) is 0 Å². The van der Waals surface area contributed by atoms with Crippen molar-refractivity contribution in [2.24, 2.45) is 0 Å². The molecule has 0 N–H and O–H groups in total. The maximum atomic E-state index is 13.2. The van der Waals surface area contributed by atoms with Gasteiger partial charge < -0.3 is 14.4 Å². The van der Waals surface area contributed by atoms with Crippen LogP contribution in [-0.4, -0.2) is 36.8 Å². The van der Waals surface area contributed by atoms with Crippen LogP contribution in [0.3, 0.4) is 0 Å². The van der Waals surface area contributed by atoms with E-state index in [2.05, 4.69) is 14.9 Å². The molecule has 1 aromatic heterocycles. The Labute approximate surface area is 139 Å². The fourth-order valence-corrected chi connectivity index (χ4v) is 2.99. The van der Waals surface area contributed by atoms with Gasteiger partial charge in [0.25, 0.3) is 0 Å². The molecule has 0 saturated carbocycles. The quantitative estimate of drug-likeness (QED) is 0.861. The molecule has 23 heavy (non-hydrogen) atoms. The van der Waals surface area contributed by atoms with Crippen molar-refractivity contribution in [3.63, 3.8) is 0 Å². The summed E-state index contributed by atoms with van der Waals surface area (Å²) < 4.78 is 24.5. The summed E-state index contributed by atoms with van der Waals surface area (Å²) in [5, 5.41) is 0.364. The molecule has 1 atom stereocenters. The van der Waals surface area contributed by atoms with Crippen LogP contribution in [0.25, 0.3) is 0 Å². The third-order valence-corrected chi connectivity index (χ3v) is 4.17. The molecule has 7 heteroatoms. The molecule has 0 amide bonds. The molecule has 1 aliphatic rings. The Morgan fingerprint density at radius 2 is 2.22 bits per heavy atom. The highest BCUT2D eigenvalue weighted by Crippen LogP contribution is 2.34. The molecule has 1 fully saturated rings. The number of aromatic nitrogens is 2. The van der Waals surface area contributed by atoms with Crippen LogP contribution in [0.15, 0.2) is 24.5 Å². The molecule has 0 aliphatic carbocycles. The lowest BCUT2D eigenvalue weighted by atomic mass is 10.1. The molecule has 0 spiro atoms. The lowest BCUT2D eigenvalue weighted by molar-refractivity contribution is 0.0394. The highest BCUT2D eigenvalue weighted by molar-refractivity contribution is 6.31. The van der Waals surface area contributed by atoms with E-state index >= 15 is 0 Å². The summed E-state index contributed by atoms with van der Waals surface area (Å²) in [6, 6.07) is 4.35. The van der Waals surface area contributed by atoms with Crippen molar-refractivity contribution in [2.75, 3.05) is 31.7 Å². The van der Waals surface area contributed by atoms with Crippen molar-refractivity contribution in [1.82, 2.24) is 9.97 Å². The van der Waals surface area contributed by atoms with Crippen molar-refractivity contribution < 1.29 is 13.9 Å². The van der Waals surface area contributed by atoms with Crippen LogP contribution in [0.5, 0.6) is 5.75 Å². The molecule has 1 aliphatic heterocycles. The number of anilines is 1. The van der Waals surface area contributed by atoms with Gasteiger partial charge in [0, 0.05) is 17.1 Å². The number of methoxy groups -OCH3 is 1. The first-order valence-corrected chi connectivity index (χ1v) is 7.65. The number of ether oxygens (including phenoxy) is 2. The van der Waals surface area contributed by atoms with Gasteiger partial charge in [-0.15, -0.1) is 0 Å². The van der Waals surface area contributed by atoms with Gasteiger partial charge in [-0.2, -0.15) is 0 Å². The van der Waals surface area contributed by atoms with Crippen LogP contribution >= 0.6 is 11.6 Å². The smallest absolute Gasteiger partial charge is 0.182 e. The minimum Gasteiger partial charge on any atom is -0.491 e. The van der Waals surface area contributed by atoms with E-state index in [0.717, 1.165) is 17.1 Å². The second-order valence-electron chi connectivity index (χ2n) is 5.29. The minimum atomic E-state index is -0.362. The lowest BCUT2D eigenvalue weighted by Gasteiger charge is -2.34. The molecular weight excluding hydrogens is 321 g/mol. The number of hydrogen-bond acceptors (Lipinski definition) is 5. The molecule has 5 nitrogen and oxygen atoms in total. The lowest BCUT2D eigenvalue weighted by Crippen LogP contribution is -2.39. The Kier molecular flexibility index (Phi) is 4.63. The summed E-state index contributed by atoms with van der Waals surface area (Å²) in [6.07, 6.45) is 1.26. The number of hydrogen-bond donors (Lipinski definition) is 0. The Hall–Kier alpha value is -1.92. The molecule has 2 aromatic rings. The monoisotopic (exact) mass is 337 g/mol. The fraction of sp³-hybridized carbons (Fsp3) is 0.375. The standard InChI is InChI=1S/C16H17ClFN3O2/c1-10-15(22-2)16(20-9-19-10)21-5-6-23-14(8-21)12-4-3-11(18)7-13(12)17/h3-4,7,9,14H,5-6,8H2,1-2H3. The van der Waals surface area contributed by atoms with Gasteiger partial charge in [0.05, 0.1) is 26.0 Å². The van der Waals surface area contributed by atoms with Crippen molar-refractivity contribution >= 4 is 17.4 Å². The average molecular weight is 338 g/mol. The number of rotatable bonds is 3. The molecule has 1 aromatic carbocycles. The maximum absolute atomic E-state index is 13.2. The average Bonchev–Trinajstić information content (AvgIpc) is 2.54. The van der Waals surface area contributed by atoms with E-state index in [1.165, 1.54) is 18.5 Å². The first-order chi connectivity index (χ1) is 11.1. The molecule has 2 heterocycles. The topological polar surface area (TPSA) is 47.5 Å². The number of benzene rings is 1. The van der Waals surface area contributed by atoms with Crippen molar-refractivity contribution in [1.29, 1.82) is 0 Å². The van der Waals surface area contributed by atoms with Crippen LogP contribution in [-0.2, 0) is 4.74 Å². The molecule has 1 unspecified atom stereocenters. The Morgan fingerprint density at radius 1 is 1.39 bits per heavy atom. The van der Waals surface area contributed by atoms with Crippen molar-refractivity contribution in [3.8, 4) is 5.75 Å². The highest BCUT2D eigenvalue weighted by Gasteiger charge is 2.27. The van der Waals surface area contributed by atoms with Gasteiger partial charge in [0.1, 0.15) is 18.2 Å². The van der Waals surface area contributed by atoms with E-state index in [-0.39, 0.29) is 11.9 Å². The predicted molar refractivity (Wildman–Crippen MR) is 85.6 cm³/mol. The predicted octanol–water partition coefficient (Wildman–Crippen LogP) is 3.16. The number of nitrogens with zero attached hydrogens (tertiary/aromatic N) is 3. The van der Waals surface area contributed by atoms with E-state index in [1.807, 2.05) is 6.92 Å². The van der Waals surface area contributed by atoms with E-state index in [1.54, 1.807) is 13.2 Å². The van der Waals surface area contributed by atoms with Gasteiger partial charge in [-0.1, -0.05) is 17.7 Å². The van der Waals surface area contributed by atoms with E-state index in [0.29, 0.717) is 30.5 Å². The highest BCUT2D eigenvalue weighted by atomic mass is 35.5. The maximum Gasteiger partial charge on any atom is 0.182 e. The zero-order valence-electron chi connectivity index (χ0n) is 12.9. The molecule has 1 saturated heterocycles. The molecular formula is C16H17ClFN3O2. The van der Waals surface area contributed by atoms with Gasteiger partial charge in [0.15, 0.2) is 11.6 Å². The first kappa shape index (κ1) is 16.0. The summed E-state index contributed by atoms with van der Waals surface area (Å²) in [6.45, 7) is 3.63. The summed E-state index contributed by atoms with van der Waals surface area (Å²) in [4.78, 5) is 10.6. The Morgan fingerprint density at radius 3 is 2.96 bits per heavy atom. The Balaban J connectivity index is 1.88. The minimum absolute atomic E-state index is 0.253. The zero-order valence-corrected chi connectivity index (χ0v) is 13.7. The van der Waals surface area contributed by atoms with Crippen LogP contribution in [0.4, 0.5) is 10.2 Å². The van der Waals surface area contributed by atoms with Crippen LogP contribution in [0.1, 0.15) is 17.4 Å². The second-order valence-corrected chi connectivity index (χ2v) is 5.69. The number of morpholine rings is 1. The van der Waals surface area contributed by atoms with Crippen LogP contribution in [0, 0.1) is 12.7 Å². The summed E-state index contributed by atoms with van der Waals surface area (Å²) in [5.74, 6) is 1.02. The van der Waals surface area contributed by atoms with Gasteiger partial charge in [-0.25, -0.2) is 14.4 Å². The summed E-state index contributed by atoms with van der Waals surface area (Å²) in [7, 11) is 1.60. The largest absolute Gasteiger partial charge is 0.491 e. The third-order valence-electron chi connectivity index (χ3n) is 3.84. The van der Waals surface area contributed by atoms with Crippen LogP contribution in [0.2, 0.25) is 5.02 Å². The fourth-order valence-electron chi connectivity index (χ4n) is 2.71. The molecule has 122 valence electrons. The number of aryl methyl sites for hydroxylation is 1. The number of halogens is 2. The van der Waals surface area contributed by atoms with Gasteiger partial charge in [-0.05, 0) is 19.1 Å². The summed E-state index contributed by atoms with van der Waals surface area (Å²) >= 11 is 6.15. The van der Waals surface area contributed by atoms with Crippen molar-refractivity contribution in [3.05, 3.63) is 46.6 Å². The third kappa shape index (κ3) is 3.23. The van der Waals surface area contributed by atoms with Crippen LogP contribution < -0.4 is 9.64 Å². The van der Waals surface area contributed by atoms with Gasteiger partial charge in [0.2, 0.25) is 0 Å². The zero-order chi connectivity index (χ0) is 16.4. The van der Waals surface area contributed by atoms with Crippen molar-refractivity contribution in [2.45, 2.75) is 13.0 Å². The molecule has 0 radical (unpaired) electrons. The molecule has 0 bridgehead atoms.